The van der Waals surface area contributed by atoms with Crippen molar-refractivity contribution in [1.29, 1.82) is 0 Å². The van der Waals surface area contributed by atoms with Gasteiger partial charge in [-0.2, -0.15) is 0 Å². The smallest absolute Gasteiger partial charge is 0.130 e. The van der Waals surface area contributed by atoms with Crippen LogP contribution in [0.3, 0.4) is 0 Å². The van der Waals surface area contributed by atoms with E-state index in [4.69, 9.17) is 9.47 Å². The van der Waals surface area contributed by atoms with Crippen LogP contribution in [0.25, 0.3) is 0 Å². The molecule has 0 aliphatic rings. The summed E-state index contributed by atoms with van der Waals surface area (Å²) in [4.78, 5) is 11.7. The standard InChI is InChI=1S/C19H22O3/c1-4-22-17-10-8-15(9-11-17)13-19(2,14-20)16-6-5-7-18(12-16)21-3/h5-12,14H,4,13H2,1-3H3. The highest BCUT2D eigenvalue weighted by molar-refractivity contribution is 5.69. The molecular weight excluding hydrogens is 276 g/mol. The van der Waals surface area contributed by atoms with E-state index < -0.39 is 5.41 Å². The zero-order valence-electron chi connectivity index (χ0n) is 13.3. The summed E-state index contributed by atoms with van der Waals surface area (Å²) in [5.41, 5.74) is 1.47. The van der Waals surface area contributed by atoms with Crippen LogP contribution in [0, 0.1) is 0 Å². The van der Waals surface area contributed by atoms with Gasteiger partial charge in [-0.3, -0.25) is 0 Å². The third-order valence-corrected chi connectivity index (χ3v) is 3.80. The molecule has 2 rings (SSSR count). The molecule has 0 spiro atoms. The molecular formula is C19H22O3. The van der Waals surface area contributed by atoms with Gasteiger partial charge in [0.25, 0.3) is 0 Å². The largest absolute Gasteiger partial charge is 0.497 e. The van der Waals surface area contributed by atoms with Crippen molar-refractivity contribution in [1.82, 2.24) is 0 Å². The van der Waals surface area contributed by atoms with Gasteiger partial charge in [0.05, 0.1) is 19.1 Å². The number of carbonyl (C=O) groups excluding carboxylic acids is 1. The number of hydrogen-bond acceptors (Lipinski definition) is 3. The van der Waals surface area contributed by atoms with Crippen molar-refractivity contribution in [3.8, 4) is 11.5 Å². The van der Waals surface area contributed by atoms with E-state index >= 15 is 0 Å². The van der Waals surface area contributed by atoms with Gasteiger partial charge >= 0.3 is 0 Å². The van der Waals surface area contributed by atoms with Crippen molar-refractivity contribution in [3.05, 3.63) is 59.7 Å². The highest BCUT2D eigenvalue weighted by atomic mass is 16.5. The second-order valence-corrected chi connectivity index (χ2v) is 5.52. The first kappa shape index (κ1) is 16.1. The topological polar surface area (TPSA) is 35.5 Å². The minimum atomic E-state index is -0.582. The van der Waals surface area contributed by atoms with Crippen LogP contribution in [0.1, 0.15) is 25.0 Å². The molecule has 2 aromatic rings. The lowest BCUT2D eigenvalue weighted by molar-refractivity contribution is -0.112. The molecule has 0 heterocycles. The summed E-state index contributed by atoms with van der Waals surface area (Å²) in [5.74, 6) is 1.61. The normalized spacial score (nSPS) is 13.2. The molecule has 0 fully saturated rings. The second kappa shape index (κ2) is 7.12. The molecule has 3 heteroatoms. The Labute approximate surface area is 131 Å². The highest BCUT2D eigenvalue weighted by Gasteiger charge is 2.27. The van der Waals surface area contributed by atoms with E-state index in [1.807, 2.05) is 62.4 Å². The predicted molar refractivity (Wildman–Crippen MR) is 87.7 cm³/mol. The lowest BCUT2D eigenvalue weighted by atomic mass is 9.78. The van der Waals surface area contributed by atoms with Gasteiger partial charge in [-0.1, -0.05) is 24.3 Å². The van der Waals surface area contributed by atoms with Crippen LogP contribution >= 0.6 is 0 Å². The number of ether oxygens (including phenoxy) is 2. The Morgan fingerprint density at radius 2 is 1.82 bits per heavy atom. The Morgan fingerprint density at radius 1 is 1.09 bits per heavy atom. The first-order valence-corrected chi connectivity index (χ1v) is 7.44. The lowest BCUT2D eigenvalue weighted by Gasteiger charge is -2.24. The number of hydrogen-bond donors (Lipinski definition) is 0. The SMILES string of the molecule is CCOc1ccc(CC(C)(C=O)c2cccc(OC)c2)cc1. The molecule has 0 aliphatic carbocycles. The molecule has 2 aromatic carbocycles. The van der Waals surface area contributed by atoms with Crippen LogP contribution in [-0.2, 0) is 16.6 Å². The first-order valence-electron chi connectivity index (χ1n) is 7.44. The van der Waals surface area contributed by atoms with Crippen LogP contribution in [0.4, 0.5) is 0 Å². The van der Waals surface area contributed by atoms with Gasteiger partial charge in [0.2, 0.25) is 0 Å². The second-order valence-electron chi connectivity index (χ2n) is 5.52. The van der Waals surface area contributed by atoms with Crippen LogP contribution < -0.4 is 9.47 Å². The van der Waals surface area contributed by atoms with E-state index in [-0.39, 0.29) is 0 Å². The number of methoxy groups -OCH3 is 1. The number of carbonyl (C=O) groups is 1. The predicted octanol–water partition coefficient (Wildman–Crippen LogP) is 3.79. The van der Waals surface area contributed by atoms with Gasteiger partial charge in [0.15, 0.2) is 0 Å². The molecule has 3 nitrogen and oxygen atoms in total. The van der Waals surface area contributed by atoms with Crippen molar-refractivity contribution < 1.29 is 14.3 Å². The monoisotopic (exact) mass is 298 g/mol. The average Bonchev–Trinajstić information content (AvgIpc) is 2.57. The van der Waals surface area contributed by atoms with Crippen molar-refractivity contribution >= 4 is 6.29 Å². The molecule has 0 saturated heterocycles. The zero-order chi connectivity index (χ0) is 16.0. The highest BCUT2D eigenvalue weighted by Crippen LogP contribution is 2.29. The summed E-state index contributed by atoms with van der Waals surface area (Å²) in [7, 11) is 1.63. The van der Waals surface area contributed by atoms with Crippen molar-refractivity contribution in [2.75, 3.05) is 13.7 Å². The van der Waals surface area contributed by atoms with Crippen molar-refractivity contribution in [2.24, 2.45) is 0 Å². The number of rotatable bonds is 7. The first-order chi connectivity index (χ1) is 10.6. The minimum absolute atomic E-state index is 0.582. The molecule has 116 valence electrons. The summed E-state index contributed by atoms with van der Waals surface area (Å²) in [6.45, 7) is 4.56. The molecule has 0 aromatic heterocycles. The summed E-state index contributed by atoms with van der Waals surface area (Å²) in [6, 6.07) is 15.6. The maximum Gasteiger partial charge on any atom is 0.130 e. The summed E-state index contributed by atoms with van der Waals surface area (Å²) in [5, 5.41) is 0. The van der Waals surface area contributed by atoms with Gasteiger partial charge in [-0.15, -0.1) is 0 Å². The van der Waals surface area contributed by atoms with Crippen LogP contribution in [0.15, 0.2) is 48.5 Å². The molecule has 1 atom stereocenters. The Kier molecular flexibility index (Phi) is 5.21. The molecule has 0 saturated carbocycles. The van der Waals surface area contributed by atoms with Crippen LogP contribution in [0.2, 0.25) is 0 Å². The molecule has 0 aliphatic heterocycles. The van der Waals surface area contributed by atoms with Gasteiger partial charge in [0, 0.05) is 0 Å². The maximum atomic E-state index is 11.7. The Balaban J connectivity index is 2.24. The van der Waals surface area contributed by atoms with E-state index in [1.54, 1.807) is 7.11 Å². The average molecular weight is 298 g/mol. The Hall–Kier alpha value is -2.29. The van der Waals surface area contributed by atoms with E-state index in [1.165, 1.54) is 0 Å². The van der Waals surface area contributed by atoms with Gasteiger partial charge < -0.3 is 14.3 Å². The van der Waals surface area contributed by atoms with E-state index in [0.29, 0.717) is 13.0 Å². The van der Waals surface area contributed by atoms with Crippen LogP contribution in [-0.4, -0.2) is 20.0 Å². The van der Waals surface area contributed by atoms with Gasteiger partial charge in [-0.05, 0) is 55.7 Å². The summed E-state index contributed by atoms with van der Waals surface area (Å²) < 4.78 is 10.7. The molecule has 1 unspecified atom stereocenters. The van der Waals surface area contributed by atoms with Crippen molar-refractivity contribution in [3.63, 3.8) is 0 Å². The molecule has 0 N–H and O–H groups in total. The molecule has 0 bridgehead atoms. The van der Waals surface area contributed by atoms with Gasteiger partial charge in [-0.25, -0.2) is 0 Å². The van der Waals surface area contributed by atoms with E-state index in [0.717, 1.165) is 28.9 Å². The lowest BCUT2D eigenvalue weighted by Crippen LogP contribution is -2.26. The molecule has 0 radical (unpaired) electrons. The molecule has 0 amide bonds. The summed E-state index contributed by atoms with van der Waals surface area (Å²) >= 11 is 0. The quantitative estimate of drug-likeness (QED) is 0.729. The number of benzene rings is 2. The third kappa shape index (κ3) is 3.67. The third-order valence-electron chi connectivity index (χ3n) is 3.80. The van der Waals surface area contributed by atoms with E-state index in [9.17, 15) is 4.79 Å². The molecule has 22 heavy (non-hydrogen) atoms. The fraction of sp³-hybridized carbons (Fsp3) is 0.316. The van der Waals surface area contributed by atoms with Crippen molar-refractivity contribution in [2.45, 2.75) is 25.7 Å². The fourth-order valence-electron chi connectivity index (χ4n) is 2.48. The van der Waals surface area contributed by atoms with E-state index in [2.05, 4.69) is 0 Å². The van der Waals surface area contributed by atoms with Crippen LogP contribution in [0.5, 0.6) is 11.5 Å². The number of aldehydes is 1. The zero-order valence-corrected chi connectivity index (χ0v) is 13.3. The minimum Gasteiger partial charge on any atom is -0.497 e. The Bertz CT molecular complexity index is 619. The maximum absolute atomic E-state index is 11.7. The Morgan fingerprint density at radius 3 is 2.41 bits per heavy atom. The summed E-state index contributed by atoms with van der Waals surface area (Å²) in [6.07, 6.45) is 1.65. The fourth-order valence-corrected chi connectivity index (χ4v) is 2.48. The van der Waals surface area contributed by atoms with Gasteiger partial charge in [0.1, 0.15) is 17.8 Å².